The molecule has 1 aromatic heterocycles. The van der Waals surface area contributed by atoms with E-state index in [0.717, 1.165) is 33.3 Å². The summed E-state index contributed by atoms with van der Waals surface area (Å²) in [6.45, 7) is 14.7. The number of carbonyl (C=O) groups excluding carboxylic acids is 1. The van der Waals surface area contributed by atoms with Crippen molar-refractivity contribution in [2.24, 2.45) is 0 Å². The Balaban J connectivity index is 1.58. The van der Waals surface area contributed by atoms with E-state index in [-0.39, 0.29) is 17.4 Å². The van der Waals surface area contributed by atoms with Crippen LogP contribution in [0.1, 0.15) is 79.0 Å². The van der Waals surface area contributed by atoms with Crippen molar-refractivity contribution >= 4 is 34.4 Å². The van der Waals surface area contributed by atoms with Crippen molar-refractivity contribution in [2.45, 2.75) is 72.6 Å². The van der Waals surface area contributed by atoms with E-state index in [1.807, 2.05) is 43.3 Å². The topological polar surface area (TPSA) is 80.6 Å². The molecule has 6 nitrogen and oxygen atoms in total. The summed E-state index contributed by atoms with van der Waals surface area (Å²) in [4.78, 5) is 24.5. The molecule has 210 valence electrons. The fourth-order valence-corrected chi connectivity index (χ4v) is 4.95. The molecule has 1 unspecified atom stereocenters. The summed E-state index contributed by atoms with van der Waals surface area (Å²) in [5.41, 5.74) is 7.05. The van der Waals surface area contributed by atoms with Crippen LogP contribution in [-0.2, 0) is 16.8 Å². The van der Waals surface area contributed by atoms with Crippen molar-refractivity contribution in [1.82, 2.24) is 9.88 Å². The van der Waals surface area contributed by atoms with Crippen molar-refractivity contribution in [3.8, 4) is 5.75 Å². The second-order valence-corrected chi connectivity index (χ2v) is 11.9. The minimum Gasteiger partial charge on any atom is -0.479 e. The van der Waals surface area contributed by atoms with Crippen LogP contribution < -0.4 is 10.1 Å². The first-order valence-electron chi connectivity index (χ1n) is 13.4. The van der Waals surface area contributed by atoms with Gasteiger partial charge in [0.25, 0.3) is 5.91 Å². The lowest BCUT2D eigenvalue weighted by molar-refractivity contribution is -0.144. The van der Waals surface area contributed by atoms with Gasteiger partial charge in [-0.2, -0.15) is 0 Å². The van der Waals surface area contributed by atoms with Gasteiger partial charge in [0.05, 0.1) is 11.1 Å². The number of aliphatic carboxylic acids is 1. The molecule has 0 saturated carbocycles. The number of hydrogen-bond donors (Lipinski definition) is 2. The zero-order chi connectivity index (χ0) is 29.4. The van der Waals surface area contributed by atoms with Gasteiger partial charge in [-0.1, -0.05) is 62.7 Å². The van der Waals surface area contributed by atoms with E-state index in [9.17, 15) is 14.7 Å². The first-order chi connectivity index (χ1) is 18.8. The Morgan fingerprint density at radius 1 is 1.02 bits per heavy atom. The number of amides is 1. The number of ether oxygens (including phenoxy) is 1. The number of fused-ring (bicyclic) bond motifs is 1. The molecule has 0 spiro atoms. The number of aryl methyl sites for hydroxylation is 1. The lowest BCUT2D eigenvalue weighted by Gasteiger charge is -2.22. The molecule has 0 aliphatic rings. The molecule has 0 aliphatic carbocycles. The number of carboxylic acid groups (broad SMARTS) is 1. The van der Waals surface area contributed by atoms with Gasteiger partial charge in [0.15, 0.2) is 6.10 Å². The van der Waals surface area contributed by atoms with Crippen molar-refractivity contribution in [3.05, 3.63) is 99.2 Å². The maximum absolute atomic E-state index is 13.3. The third-order valence-corrected chi connectivity index (χ3v) is 7.80. The molecule has 2 atom stereocenters. The van der Waals surface area contributed by atoms with Crippen molar-refractivity contribution in [3.63, 3.8) is 0 Å². The van der Waals surface area contributed by atoms with Crippen LogP contribution in [0.4, 0.5) is 0 Å². The summed E-state index contributed by atoms with van der Waals surface area (Å²) in [7, 11) is 0. The Morgan fingerprint density at radius 2 is 1.75 bits per heavy atom. The van der Waals surface area contributed by atoms with Crippen LogP contribution in [-0.4, -0.2) is 27.7 Å². The van der Waals surface area contributed by atoms with E-state index in [1.165, 1.54) is 12.5 Å². The lowest BCUT2D eigenvalue weighted by Crippen LogP contribution is -2.27. The molecule has 40 heavy (non-hydrogen) atoms. The molecule has 0 aliphatic heterocycles. The summed E-state index contributed by atoms with van der Waals surface area (Å²) in [6, 6.07) is 19.4. The number of benzene rings is 3. The monoisotopic (exact) mass is 560 g/mol. The van der Waals surface area contributed by atoms with E-state index < -0.39 is 12.1 Å². The van der Waals surface area contributed by atoms with Crippen LogP contribution in [0, 0.1) is 13.8 Å². The summed E-state index contributed by atoms with van der Waals surface area (Å²) in [5.74, 6) is -0.842. The molecule has 0 saturated heterocycles. The predicted octanol–water partition coefficient (Wildman–Crippen LogP) is 7.60. The van der Waals surface area contributed by atoms with Crippen molar-refractivity contribution < 1.29 is 19.4 Å². The summed E-state index contributed by atoms with van der Waals surface area (Å²) in [5, 5.41) is 13.7. The molecule has 1 heterocycles. The second-order valence-electron chi connectivity index (χ2n) is 11.5. The van der Waals surface area contributed by atoms with Gasteiger partial charge in [0.2, 0.25) is 0 Å². The van der Waals surface area contributed by atoms with Crippen LogP contribution in [0.15, 0.2) is 60.7 Å². The Kier molecular flexibility index (Phi) is 8.31. The zero-order valence-electron chi connectivity index (χ0n) is 24.1. The highest BCUT2D eigenvalue weighted by molar-refractivity contribution is 6.32. The second kappa shape index (κ2) is 11.4. The largest absolute Gasteiger partial charge is 0.479 e. The number of carbonyl (C=O) groups is 2. The molecule has 4 aromatic rings. The van der Waals surface area contributed by atoms with Crippen LogP contribution >= 0.6 is 11.6 Å². The Morgan fingerprint density at radius 3 is 2.42 bits per heavy atom. The first kappa shape index (κ1) is 29.2. The number of hydrogen-bond acceptors (Lipinski definition) is 3. The number of aromatic nitrogens is 1. The van der Waals surface area contributed by atoms with Gasteiger partial charge in [0.1, 0.15) is 5.75 Å². The number of carboxylic acids is 1. The molecular weight excluding hydrogens is 524 g/mol. The Bertz CT molecular complexity index is 1580. The van der Waals surface area contributed by atoms with Crippen LogP contribution in [0.3, 0.4) is 0 Å². The summed E-state index contributed by atoms with van der Waals surface area (Å²) < 4.78 is 7.73. The number of rotatable bonds is 8. The van der Waals surface area contributed by atoms with E-state index in [1.54, 1.807) is 12.1 Å². The van der Waals surface area contributed by atoms with Gasteiger partial charge >= 0.3 is 5.97 Å². The SMILES string of the molecule is Cc1c(C)n(Cc2ccc(Cl)c(OC(C)C(=O)O)c2)c2ccc(C(=O)N[C@@H](C)c3cccc(C(C)(C)C)c3)cc12. The van der Waals surface area contributed by atoms with Gasteiger partial charge < -0.3 is 19.7 Å². The maximum atomic E-state index is 13.3. The number of nitrogens with zero attached hydrogens (tertiary/aromatic N) is 1. The lowest BCUT2D eigenvalue weighted by atomic mass is 9.85. The molecule has 1 amide bonds. The molecule has 0 fully saturated rings. The van der Waals surface area contributed by atoms with E-state index >= 15 is 0 Å². The van der Waals surface area contributed by atoms with Crippen LogP contribution in [0.5, 0.6) is 5.75 Å². The molecule has 3 aromatic carbocycles. The van der Waals surface area contributed by atoms with Gasteiger partial charge in [-0.3, -0.25) is 4.79 Å². The average molecular weight is 561 g/mol. The summed E-state index contributed by atoms with van der Waals surface area (Å²) >= 11 is 6.27. The van der Waals surface area contributed by atoms with E-state index in [4.69, 9.17) is 16.3 Å². The normalized spacial score (nSPS) is 13.2. The standard InChI is InChI=1S/C33H37ClN2O4/c1-19-21(3)36(18-23-11-13-28(34)30(15-23)40-22(4)32(38)39)29-14-12-25(17-27(19)29)31(37)35-20(2)24-9-8-10-26(16-24)33(5,6)7/h8-17,20,22H,18H2,1-7H3,(H,35,37)(H,38,39)/t20-,22?/m0/s1. The molecule has 4 rings (SSSR count). The third-order valence-electron chi connectivity index (χ3n) is 7.49. The van der Waals surface area contributed by atoms with Gasteiger partial charge in [0, 0.05) is 28.7 Å². The van der Waals surface area contributed by atoms with Crippen molar-refractivity contribution in [1.29, 1.82) is 0 Å². The van der Waals surface area contributed by atoms with Gasteiger partial charge in [-0.15, -0.1) is 0 Å². The highest BCUT2D eigenvalue weighted by atomic mass is 35.5. The number of nitrogens with one attached hydrogen (secondary N) is 1. The highest BCUT2D eigenvalue weighted by Gasteiger charge is 2.19. The molecule has 0 bridgehead atoms. The van der Waals surface area contributed by atoms with E-state index in [0.29, 0.717) is 22.9 Å². The fourth-order valence-electron chi connectivity index (χ4n) is 4.79. The Labute approximate surface area is 240 Å². The highest BCUT2D eigenvalue weighted by Crippen LogP contribution is 2.31. The fraction of sp³-hybridized carbons (Fsp3) is 0.333. The smallest absolute Gasteiger partial charge is 0.344 e. The predicted molar refractivity (Wildman–Crippen MR) is 161 cm³/mol. The zero-order valence-corrected chi connectivity index (χ0v) is 24.9. The molecular formula is C33H37ClN2O4. The van der Waals surface area contributed by atoms with Crippen molar-refractivity contribution in [2.75, 3.05) is 0 Å². The molecule has 7 heteroatoms. The maximum Gasteiger partial charge on any atom is 0.344 e. The minimum absolute atomic E-state index is 0.0326. The average Bonchev–Trinajstić information content (AvgIpc) is 3.14. The Hall–Kier alpha value is -3.77. The quantitative estimate of drug-likeness (QED) is 0.232. The van der Waals surface area contributed by atoms with Crippen LogP contribution in [0.25, 0.3) is 10.9 Å². The van der Waals surface area contributed by atoms with E-state index in [2.05, 4.69) is 56.6 Å². The minimum atomic E-state index is -1.06. The molecule has 2 N–H and O–H groups in total. The van der Waals surface area contributed by atoms with Gasteiger partial charge in [-0.05, 0) is 85.7 Å². The van der Waals surface area contributed by atoms with Gasteiger partial charge in [-0.25, -0.2) is 4.79 Å². The first-order valence-corrected chi connectivity index (χ1v) is 13.8. The third kappa shape index (κ3) is 6.18. The summed E-state index contributed by atoms with van der Waals surface area (Å²) in [6.07, 6.45) is -1.01. The number of halogens is 1. The van der Waals surface area contributed by atoms with Crippen LogP contribution in [0.2, 0.25) is 5.02 Å². The molecule has 0 radical (unpaired) electrons.